The number of aromatic nitrogens is 1. The molecule has 1 aliphatic carbocycles. The fourth-order valence-corrected chi connectivity index (χ4v) is 6.19. The molecular formula is C26H31N5O6. The van der Waals surface area contributed by atoms with E-state index in [1.165, 1.54) is 4.90 Å². The van der Waals surface area contributed by atoms with Crippen molar-refractivity contribution in [2.24, 2.45) is 28.9 Å². The summed E-state index contributed by atoms with van der Waals surface area (Å²) in [4.78, 5) is 68.3. The number of hydrogen-bond acceptors (Lipinski definition) is 6. The molecule has 5 rings (SSSR count). The van der Waals surface area contributed by atoms with Crippen LogP contribution < -0.4 is 21.1 Å². The fraction of sp³-hybridized carbons (Fsp3) is 0.500. The van der Waals surface area contributed by atoms with E-state index in [9.17, 15) is 24.0 Å². The molecule has 2 aliphatic heterocycles. The number of benzene rings is 1. The molecule has 3 fully saturated rings. The van der Waals surface area contributed by atoms with Crippen LogP contribution in [0, 0.1) is 23.2 Å². The first-order valence-electron chi connectivity index (χ1n) is 12.4. The summed E-state index contributed by atoms with van der Waals surface area (Å²) in [6, 6.07) is 5.09. The summed E-state index contributed by atoms with van der Waals surface area (Å²) < 4.78 is 5.40. The van der Waals surface area contributed by atoms with E-state index in [0.717, 1.165) is 10.9 Å². The number of piperidine rings is 1. The lowest BCUT2D eigenvalue weighted by Crippen LogP contribution is -2.55. The Bertz CT molecular complexity index is 1320. The predicted octanol–water partition coefficient (Wildman–Crippen LogP) is 0.339. The molecule has 196 valence electrons. The molecule has 11 heteroatoms. The Hall–Kier alpha value is -3.89. The van der Waals surface area contributed by atoms with Gasteiger partial charge in [-0.3, -0.25) is 24.0 Å². The quantitative estimate of drug-likeness (QED) is 0.375. The van der Waals surface area contributed by atoms with Crippen LogP contribution in [0.3, 0.4) is 0 Å². The van der Waals surface area contributed by atoms with Crippen molar-refractivity contribution in [3.63, 3.8) is 0 Å². The zero-order valence-corrected chi connectivity index (χ0v) is 21.0. The van der Waals surface area contributed by atoms with Gasteiger partial charge in [-0.2, -0.15) is 0 Å². The molecule has 0 spiro atoms. The van der Waals surface area contributed by atoms with E-state index in [1.54, 1.807) is 19.2 Å². The first-order valence-corrected chi connectivity index (χ1v) is 12.4. The molecule has 5 N–H and O–H groups in total. The van der Waals surface area contributed by atoms with Crippen molar-refractivity contribution in [1.82, 2.24) is 20.5 Å². The Morgan fingerprint density at radius 1 is 1.27 bits per heavy atom. The number of amides is 4. The smallest absolute Gasteiger partial charge is 0.287 e. The molecule has 5 atom stereocenters. The van der Waals surface area contributed by atoms with Crippen LogP contribution in [-0.4, -0.2) is 71.6 Å². The Labute approximate surface area is 213 Å². The number of carbonyl (C=O) groups excluding carboxylic acids is 5. The van der Waals surface area contributed by atoms with Gasteiger partial charge in [-0.15, -0.1) is 0 Å². The predicted molar refractivity (Wildman–Crippen MR) is 132 cm³/mol. The van der Waals surface area contributed by atoms with Crippen LogP contribution in [0.1, 0.15) is 37.2 Å². The first kappa shape index (κ1) is 24.8. The minimum absolute atomic E-state index is 0.0285. The second-order valence-electron chi connectivity index (χ2n) is 10.8. The van der Waals surface area contributed by atoms with E-state index in [-0.39, 0.29) is 35.5 Å². The maximum Gasteiger partial charge on any atom is 0.287 e. The number of primary amides is 1. The van der Waals surface area contributed by atoms with E-state index in [4.69, 9.17) is 10.5 Å². The molecule has 1 unspecified atom stereocenters. The Morgan fingerprint density at radius 2 is 2.03 bits per heavy atom. The Morgan fingerprint density at radius 3 is 2.68 bits per heavy atom. The highest BCUT2D eigenvalue weighted by Crippen LogP contribution is 2.65. The summed E-state index contributed by atoms with van der Waals surface area (Å²) >= 11 is 0. The van der Waals surface area contributed by atoms with Crippen molar-refractivity contribution in [2.75, 3.05) is 20.2 Å². The average molecular weight is 510 g/mol. The molecule has 0 radical (unpaired) electrons. The second-order valence-corrected chi connectivity index (χ2v) is 10.8. The monoisotopic (exact) mass is 509 g/mol. The molecule has 0 bridgehead atoms. The van der Waals surface area contributed by atoms with Crippen LogP contribution in [-0.2, 0) is 19.2 Å². The van der Waals surface area contributed by atoms with Crippen LogP contribution in [0.25, 0.3) is 10.9 Å². The minimum atomic E-state index is -1.24. The zero-order valence-electron chi connectivity index (χ0n) is 21.0. The van der Waals surface area contributed by atoms with Crippen LogP contribution >= 0.6 is 0 Å². The van der Waals surface area contributed by atoms with Crippen LogP contribution in [0.15, 0.2) is 24.3 Å². The molecule has 2 saturated heterocycles. The number of Topliss-reactive ketones (excluding diaryl/α,β-unsaturated/α-hetero) is 1. The number of nitrogens with zero attached hydrogens (tertiary/aromatic N) is 1. The van der Waals surface area contributed by atoms with Crippen molar-refractivity contribution >= 4 is 40.3 Å². The number of likely N-dealkylation sites (tertiary alicyclic amines) is 1. The summed E-state index contributed by atoms with van der Waals surface area (Å²) in [6.45, 7) is 4.95. The molecule has 1 aromatic carbocycles. The van der Waals surface area contributed by atoms with E-state index in [1.807, 2.05) is 26.0 Å². The van der Waals surface area contributed by atoms with Crippen molar-refractivity contribution in [1.29, 1.82) is 0 Å². The highest BCUT2D eigenvalue weighted by molar-refractivity contribution is 6.38. The lowest BCUT2D eigenvalue weighted by atomic mass is 9.94. The van der Waals surface area contributed by atoms with Gasteiger partial charge in [0.1, 0.15) is 17.5 Å². The third kappa shape index (κ3) is 4.11. The van der Waals surface area contributed by atoms with Gasteiger partial charge < -0.3 is 31.0 Å². The second kappa shape index (κ2) is 8.89. The fourth-order valence-electron chi connectivity index (χ4n) is 6.19. The van der Waals surface area contributed by atoms with Gasteiger partial charge in [0.2, 0.25) is 17.6 Å². The van der Waals surface area contributed by atoms with Gasteiger partial charge in [0, 0.05) is 29.9 Å². The molecule has 37 heavy (non-hydrogen) atoms. The highest BCUT2D eigenvalue weighted by Gasteiger charge is 2.69. The SMILES string of the molecule is COc1cccc2[nH]c(C(=O)N3C[C@H]4[C@@H]([C@H]3C(=O)NC(C[C@@H]3CCNC3=O)C(=O)C(N)=O)C4(C)C)cc12. The summed E-state index contributed by atoms with van der Waals surface area (Å²) in [6.07, 6.45) is 0.464. The molecule has 1 saturated carbocycles. The number of aromatic amines is 1. The van der Waals surface area contributed by atoms with Crippen molar-refractivity contribution in [3.8, 4) is 5.75 Å². The first-order chi connectivity index (χ1) is 17.5. The van der Waals surface area contributed by atoms with Gasteiger partial charge in [-0.1, -0.05) is 19.9 Å². The maximum absolute atomic E-state index is 13.6. The maximum atomic E-state index is 13.6. The van der Waals surface area contributed by atoms with Crippen molar-refractivity contribution in [3.05, 3.63) is 30.0 Å². The summed E-state index contributed by atoms with van der Waals surface area (Å²) in [5.41, 5.74) is 6.15. The Kier molecular flexibility index (Phi) is 5.96. The van der Waals surface area contributed by atoms with Gasteiger partial charge in [-0.05, 0) is 48.3 Å². The van der Waals surface area contributed by atoms with Gasteiger partial charge >= 0.3 is 0 Å². The largest absolute Gasteiger partial charge is 0.496 e. The molecular weight excluding hydrogens is 478 g/mol. The molecule has 3 heterocycles. The number of methoxy groups -OCH3 is 1. The van der Waals surface area contributed by atoms with Crippen LogP contribution in [0.2, 0.25) is 0 Å². The molecule has 3 aliphatic rings. The Balaban J connectivity index is 1.41. The zero-order chi connectivity index (χ0) is 26.6. The minimum Gasteiger partial charge on any atom is -0.496 e. The van der Waals surface area contributed by atoms with Crippen LogP contribution in [0.5, 0.6) is 5.75 Å². The van der Waals surface area contributed by atoms with Crippen molar-refractivity contribution in [2.45, 2.75) is 38.8 Å². The lowest BCUT2D eigenvalue weighted by molar-refractivity contribution is -0.139. The van der Waals surface area contributed by atoms with Gasteiger partial charge in [0.25, 0.3) is 11.8 Å². The van der Waals surface area contributed by atoms with E-state index >= 15 is 0 Å². The normalized spacial score (nSPS) is 26.4. The van der Waals surface area contributed by atoms with Gasteiger partial charge in [-0.25, -0.2) is 0 Å². The number of fused-ring (bicyclic) bond motifs is 2. The summed E-state index contributed by atoms with van der Waals surface area (Å²) in [5, 5.41) is 6.11. The molecule has 1 aromatic heterocycles. The highest BCUT2D eigenvalue weighted by atomic mass is 16.5. The third-order valence-corrected chi connectivity index (χ3v) is 8.37. The summed E-state index contributed by atoms with van der Waals surface area (Å²) in [7, 11) is 1.55. The van der Waals surface area contributed by atoms with Crippen LogP contribution in [0.4, 0.5) is 0 Å². The topological polar surface area (TPSA) is 164 Å². The van der Waals surface area contributed by atoms with E-state index in [2.05, 4.69) is 15.6 Å². The number of nitrogens with one attached hydrogen (secondary N) is 3. The number of H-pyrrole nitrogens is 1. The van der Waals surface area contributed by atoms with Gasteiger partial charge in [0.15, 0.2) is 0 Å². The van der Waals surface area contributed by atoms with E-state index < -0.39 is 35.6 Å². The average Bonchev–Trinajstić information content (AvgIpc) is 3.38. The lowest BCUT2D eigenvalue weighted by Gasteiger charge is -2.31. The third-order valence-electron chi connectivity index (χ3n) is 8.37. The standard InChI is InChI=1S/C26H31N5O6/c1-26(2)14-11-31(25(36)17-10-13-15(29-17)5-4-6-18(13)37-3)20(19(14)26)24(35)30-16(21(32)22(27)33)9-12-7-8-28-23(12)34/h4-6,10,12,14,16,19-20,29H,7-9,11H2,1-3H3,(H2,27,33)(H,28,34)(H,30,35)/t12-,14-,16?,19-,20-/m0/s1. The van der Waals surface area contributed by atoms with Gasteiger partial charge in [0.05, 0.1) is 13.2 Å². The molecule has 2 aromatic rings. The number of rotatable bonds is 8. The number of hydrogen-bond donors (Lipinski definition) is 4. The number of nitrogens with two attached hydrogens (primary N) is 1. The summed E-state index contributed by atoms with van der Waals surface area (Å²) in [5.74, 6) is -3.11. The van der Waals surface area contributed by atoms with E-state index in [0.29, 0.717) is 31.0 Å². The number of ether oxygens (including phenoxy) is 1. The number of carbonyl (C=O) groups is 5. The number of ketones is 1. The molecule has 4 amide bonds. The van der Waals surface area contributed by atoms with Crippen molar-refractivity contribution < 1.29 is 28.7 Å². The molecule has 11 nitrogen and oxygen atoms in total.